The molecule has 0 aliphatic carbocycles. The van der Waals surface area contributed by atoms with Crippen LogP contribution in [-0.2, 0) is 13.1 Å². The first kappa shape index (κ1) is 22.2. The lowest BCUT2D eigenvalue weighted by molar-refractivity contribution is 0.0952. The van der Waals surface area contributed by atoms with Crippen LogP contribution in [-0.4, -0.2) is 15.9 Å². The van der Waals surface area contributed by atoms with Crippen molar-refractivity contribution < 1.29 is 4.79 Å². The number of hydrogen-bond donors (Lipinski definition) is 3. The van der Waals surface area contributed by atoms with Gasteiger partial charge in [-0.3, -0.25) is 4.79 Å². The SMILES string of the molecule is CC.NCc1ccc(CNC(=O)c2cc(-c3c[nH]c4ccccc34)nc3ccccc23)cc1. The minimum Gasteiger partial charge on any atom is -0.360 e. The van der Waals surface area contributed by atoms with Crippen molar-refractivity contribution in [1.29, 1.82) is 0 Å². The number of pyridine rings is 1. The molecule has 0 saturated carbocycles. The summed E-state index contributed by atoms with van der Waals surface area (Å²) in [7, 11) is 0. The number of rotatable bonds is 5. The molecule has 0 unspecified atom stereocenters. The molecule has 4 N–H and O–H groups in total. The second-order valence-electron chi connectivity index (χ2n) is 7.52. The number of carbonyl (C=O) groups excluding carboxylic acids is 1. The predicted octanol–water partition coefficient (Wildman–Crippen LogP) is 5.80. The van der Waals surface area contributed by atoms with Crippen LogP contribution in [0.5, 0.6) is 0 Å². The highest BCUT2D eigenvalue weighted by molar-refractivity contribution is 6.08. The van der Waals surface area contributed by atoms with E-state index >= 15 is 0 Å². The zero-order chi connectivity index (χ0) is 23.2. The first-order valence-electron chi connectivity index (χ1n) is 11.3. The molecule has 3 aromatic carbocycles. The number of aromatic amines is 1. The maximum atomic E-state index is 13.2. The van der Waals surface area contributed by atoms with Crippen LogP contribution in [0.4, 0.5) is 0 Å². The van der Waals surface area contributed by atoms with E-state index in [9.17, 15) is 4.79 Å². The molecule has 2 aromatic heterocycles. The predicted molar refractivity (Wildman–Crippen MR) is 136 cm³/mol. The number of amides is 1. The lowest BCUT2D eigenvalue weighted by atomic mass is 10.0. The number of para-hydroxylation sites is 2. The van der Waals surface area contributed by atoms with Crippen LogP contribution in [0.1, 0.15) is 35.3 Å². The number of carbonyl (C=O) groups is 1. The molecular formula is C28H28N4O. The first-order chi connectivity index (χ1) is 16.2. The molecule has 33 heavy (non-hydrogen) atoms. The van der Waals surface area contributed by atoms with Crippen molar-refractivity contribution in [3.63, 3.8) is 0 Å². The van der Waals surface area contributed by atoms with E-state index in [-0.39, 0.29) is 5.91 Å². The van der Waals surface area contributed by atoms with Gasteiger partial charge in [-0.1, -0.05) is 74.5 Å². The third-order valence-corrected chi connectivity index (χ3v) is 5.54. The summed E-state index contributed by atoms with van der Waals surface area (Å²) in [4.78, 5) is 21.3. The van der Waals surface area contributed by atoms with Crippen LogP contribution >= 0.6 is 0 Å². The molecule has 0 bridgehead atoms. The smallest absolute Gasteiger partial charge is 0.252 e. The molecule has 0 aliphatic rings. The van der Waals surface area contributed by atoms with Gasteiger partial charge in [0.25, 0.3) is 5.91 Å². The van der Waals surface area contributed by atoms with Crippen LogP contribution in [0.15, 0.2) is 85.1 Å². The molecule has 166 valence electrons. The highest BCUT2D eigenvalue weighted by Crippen LogP contribution is 2.30. The highest BCUT2D eigenvalue weighted by atomic mass is 16.1. The summed E-state index contributed by atoms with van der Waals surface area (Å²) in [5.41, 5.74) is 12.0. The quantitative estimate of drug-likeness (QED) is 0.326. The van der Waals surface area contributed by atoms with Gasteiger partial charge in [-0.15, -0.1) is 0 Å². The Kier molecular flexibility index (Phi) is 6.81. The van der Waals surface area contributed by atoms with Gasteiger partial charge < -0.3 is 16.0 Å². The number of aromatic nitrogens is 2. The number of nitrogens with zero attached hydrogens (tertiary/aromatic N) is 1. The standard InChI is InChI=1S/C26H22N4O.C2H6/c27-14-17-9-11-18(12-10-17)15-29-26(31)21-13-25(30-24-8-4-2-5-19(21)24)22-16-28-23-7-3-1-6-20(22)23;1-2/h1-13,16,28H,14-15,27H2,(H,29,31);1-2H3. The van der Waals surface area contributed by atoms with Crippen LogP contribution in [0.2, 0.25) is 0 Å². The summed E-state index contributed by atoms with van der Waals surface area (Å²) in [6.07, 6.45) is 1.95. The van der Waals surface area contributed by atoms with Gasteiger partial charge in [-0.05, 0) is 29.3 Å². The lowest BCUT2D eigenvalue weighted by Crippen LogP contribution is -2.23. The fourth-order valence-electron chi connectivity index (χ4n) is 3.86. The Balaban J connectivity index is 0.00000126. The first-order valence-corrected chi connectivity index (χ1v) is 11.3. The van der Waals surface area contributed by atoms with Gasteiger partial charge in [0, 0.05) is 41.1 Å². The topological polar surface area (TPSA) is 83.8 Å². The van der Waals surface area contributed by atoms with Gasteiger partial charge in [0.1, 0.15) is 0 Å². The van der Waals surface area contributed by atoms with Gasteiger partial charge in [0.2, 0.25) is 0 Å². The van der Waals surface area contributed by atoms with E-state index < -0.39 is 0 Å². The van der Waals surface area contributed by atoms with Gasteiger partial charge in [-0.2, -0.15) is 0 Å². The average Bonchev–Trinajstić information content (AvgIpc) is 3.32. The zero-order valence-electron chi connectivity index (χ0n) is 18.9. The maximum Gasteiger partial charge on any atom is 0.252 e. The van der Waals surface area contributed by atoms with E-state index in [1.807, 2.05) is 92.8 Å². The molecule has 0 atom stereocenters. The third kappa shape index (κ3) is 4.64. The molecule has 0 aliphatic heterocycles. The summed E-state index contributed by atoms with van der Waals surface area (Å²) in [5, 5.41) is 4.96. The minimum absolute atomic E-state index is 0.123. The molecule has 5 rings (SSSR count). The van der Waals surface area contributed by atoms with Gasteiger partial charge in [0.15, 0.2) is 0 Å². The van der Waals surface area contributed by atoms with Gasteiger partial charge >= 0.3 is 0 Å². The highest BCUT2D eigenvalue weighted by Gasteiger charge is 2.15. The molecular weight excluding hydrogens is 408 g/mol. The minimum atomic E-state index is -0.123. The van der Waals surface area contributed by atoms with Crippen LogP contribution in [0.25, 0.3) is 33.1 Å². The van der Waals surface area contributed by atoms with Crippen molar-refractivity contribution in [3.8, 4) is 11.3 Å². The normalized spacial score (nSPS) is 10.6. The Bertz CT molecular complexity index is 1390. The van der Waals surface area contributed by atoms with Crippen molar-refractivity contribution in [2.24, 2.45) is 5.73 Å². The van der Waals surface area contributed by atoms with Crippen LogP contribution in [0, 0.1) is 0 Å². The molecule has 0 fully saturated rings. The molecule has 2 heterocycles. The zero-order valence-corrected chi connectivity index (χ0v) is 18.9. The summed E-state index contributed by atoms with van der Waals surface area (Å²) < 4.78 is 0. The largest absolute Gasteiger partial charge is 0.360 e. The Morgan fingerprint density at radius 1 is 0.909 bits per heavy atom. The molecule has 5 heteroatoms. The number of nitrogens with two attached hydrogens (primary N) is 1. The molecule has 1 amide bonds. The summed E-state index contributed by atoms with van der Waals surface area (Å²) in [5.74, 6) is -0.123. The van der Waals surface area contributed by atoms with Crippen molar-refractivity contribution in [2.45, 2.75) is 26.9 Å². The Labute approximate surface area is 193 Å². The van der Waals surface area contributed by atoms with Crippen molar-refractivity contribution in [3.05, 3.63) is 102 Å². The van der Waals surface area contributed by atoms with E-state index in [1.54, 1.807) is 0 Å². The molecule has 0 saturated heterocycles. The monoisotopic (exact) mass is 436 g/mol. The Hall–Kier alpha value is -3.96. The Morgan fingerprint density at radius 3 is 2.33 bits per heavy atom. The van der Waals surface area contributed by atoms with Crippen LogP contribution in [0.3, 0.4) is 0 Å². The molecule has 0 radical (unpaired) electrons. The summed E-state index contributed by atoms with van der Waals surface area (Å²) >= 11 is 0. The number of nitrogens with one attached hydrogen (secondary N) is 2. The van der Waals surface area contributed by atoms with Crippen molar-refractivity contribution >= 4 is 27.7 Å². The average molecular weight is 437 g/mol. The maximum absolute atomic E-state index is 13.2. The molecule has 0 spiro atoms. The number of hydrogen-bond acceptors (Lipinski definition) is 3. The number of benzene rings is 3. The second-order valence-corrected chi connectivity index (χ2v) is 7.52. The van der Waals surface area contributed by atoms with Crippen LogP contribution < -0.4 is 11.1 Å². The van der Waals surface area contributed by atoms with Crippen molar-refractivity contribution in [2.75, 3.05) is 0 Å². The van der Waals surface area contributed by atoms with E-state index in [1.165, 1.54) is 0 Å². The fraction of sp³-hybridized carbons (Fsp3) is 0.143. The lowest BCUT2D eigenvalue weighted by Gasteiger charge is -2.11. The molecule has 5 nitrogen and oxygen atoms in total. The van der Waals surface area contributed by atoms with E-state index in [0.29, 0.717) is 18.7 Å². The van der Waals surface area contributed by atoms with E-state index in [0.717, 1.165) is 44.2 Å². The summed E-state index contributed by atoms with van der Waals surface area (Å²) in [6.45, 7) is 4.95. The third-order valence-electron chi connectivity index (χ3n) is 5.54. The van der Waals surface area contributed by atoms with Crippen molar-refractivity contribution in [1.82, 2.24) is 15.3 Å². The fourth-order valence-corrected chi connectivity index (χ4v) is 3.86. The summed E-state index contributed by atoms with van der Waals surface area (Å²) in [6, 6.07) is 25.7. The Morgan fingerprint density at radius 2 is 1.58 bits per heavy atom. The van der Waals surface area contributed by atoms with E-state index in [4.69, 9.17) is 10.7 Å². The second kappa shape index (κ2) is 10.1. The van der Waals surface area contributed by atoms with E-state index in [2.05, 4.69) is 16.4 Å². The van der Waals surface area contributed by atoms with Gasteiger partial charge in [0.05, 0.1) is 16.8 Å². The molecule has 5 aromatic rings. The number of H-pyrrole nitrogens is 1. The number of fused-ring (bicyclic) bond motifs is 2. The van der Waals surface area contributed by atoms with Gasteiger partial charge in [-0.25, -0.2) is 4.98 Å².